The lowest BCUT2D eigenvalue weighted by molar-refractivity contribution is -0.0413. The van der Waals surface area contributed by atoms with E-state index in [9.17, 15) is 0 Å². The Morgan fingerprint density at radius 1 is 0.727 bits per heavy atom. The smallest absolute Gasteiger partial charge is 0.199 e. The topological polar surface area (TPSA) is 6.48 Å². The molecule has 0 amide bonds. The van der Waals surface area contributed by atoms with Crippen LogP contribution in [0.3, 0.4) is 0 Å². The van der Waals surface area contributed by atoms with Crippen LogP contribution in [0.1, 0.15) is 74.0 Å². The van der Waals surface area contributed by atoms with Crippen LogP contribution in [0.25, 0.3) is 0 Å². The van der Waals surface area contributed by atoms with Gasteiger partial charge in [0.1, 0.15) is 0 Å². The van der Waals surface area contributed by atoms with E-state index in [0.717, 1.165) is 0 Å². The van der Waals surface area contributed by atoms with Gasteiger partial charge in [0.05, 0.1) is 6.17 Å². The molecular weight excluding hydrogens is 284 g/mol. The summed E-state index contributed by atoms with van der Waals surface area (Å²) in [7, 11) is -1.23. The van der Waals surface area contributed by atoms with Gasteiger partial charge in [-0.25, -0.2) is 0 Å². The van der Waals surface area contributed by atoms with E-state index in [1.807, 2.05) is 0 Å². The van der Waals surface area contributed by atoms with Crippen LogP contribution in [0.2, 0.25) is 5.04 Å². The van der Waals surface area contributed by atoms with Crippen LogP contribution in [0.15, 0.2) is 30.3 Å². The quantitative estimate of drug-likeness (QED) is 0.678. The second-order valence-corrected chi connectivity index (χ2v) is 13.3. The van der Waals surface area contributed by atoms with Crippen molar-refractivity contribution in [3.05, 3.63) is 35.9 Å². The molecule has 1 saturated heterocycles. The van der Waals surface area contributed by atoms with Gasteiger partial charge in [0.2, 0.25) is 0 Å². The first-order valence-electron chi connectivity index (χ1n) is 8.47. The zero-order valence-corrected chi connectivity index (χ0v) is 17.1. The molecule has 1 aromatic carbocycles. The van der Waals surface area contributed by atoms with Crippen LogP contribution in [-0.4, -0.2) is 29.3 Å². The zero-order valence-electron chi connectivity index (χ0n) is 15.9. The second-order valence-electron chi connectivity index (χ2n) is 9.68. The third-order valence-electron chi connectivity index (χ3n) is 4.48. The standard InChI is InChI=1S/C19H34N2Si/c1-17(2,3)20-16(15-13-11-10-12-14-15)21(18(4,5)6)22(20)19(7,8)9/h10-14,16,22H,1-9H3. The molecule has 0 unspecified atom stereocenters. The summed E-state index contributed by atoms with van der Waals surface area (Å²) in [6, 6.07) is 11.0. The molecule has 124 valence electrons. The summed E-state index contributed by atoms with van der Waals surface area (Å²) >= 11 is 0. The number of hydrogen-bond donors (Lipinski definition) is 0. The van der Waals surface area contributed by atoms with Gasteiger partial charge in [0.25, 0.3) is 0 Å². The van der Waals surface area contributed by atoms with E-state index in [1.54, 1.807) is 0 Å². The van der Waals surface area contributed by atoms with E-state index in [-0.39, 0.29) is 11.1 Å². The Balaban J connectivity index is 2.52. The summed E-state index contributed by atoms with van der Waals surface area (Å²) in [6.45, 7) is 21.5. The fourth-order valence-electron chi connectivity index (χ4n) is 3.71. The molecule has 1 aliphatic rings. The highest BCUT2D eigenvalue weighted by Crippen LogP contribution is 2.53. The highest BCUT2D eigenvalue weighted by Gasteiger charge is 2.59. The molecule has 0 bridgehead atoms. The molecule has 1 heterocycles. The van der Waals surface area contributed by atoms with Crippen molar-refractivity contribution in [3.63, 3.8) is 0 Å². The van der Waals surface area contributed by atoms with Crippen LogP contribution in [0, 0.1) is 0 Å². The highest BCUT2D eigenvalue weighted by molar-refractivity contribution is 6.59. The molecule has 0 atom stereocenters. The number of hydrogen-bond acceptors (Lipinski definition) is 2. The van der Waals surface area contributed by atoms with Crippen molar-refractivity contribution in [1.82, 2.24) is 9.13 Å². The van der Waals surface area contributed by atoms with Gasteiger partial charge in [-0.2, -0.15) is 0 Å². The summed E-state index contributed by atoms with van der Waals surface area (Å²) < 4.78 is 5.65. The molecule has 0 radical (unpaired) electrons. The van der Waals surface area contributed by atoms with Gasteiger partial charge in [0.15, 0.2) is 9.12 Å². The Morgan fingerprint density at radius 3 is 1.45 bits per heavy atom. The van der Waals surface area contributed by atoms with Crippen molar-refractivity contribution in [2.75, 3.05) is 0 Å². The Labute approximate surface area is 139 Å². The molecule has 2 nitrogen and oxygen atoms in total. The van der Waals surface area contributed by atoms with Gasteiger partial charge < -0.3 is 0 Å². The van der Waals surface area contributed by atoms with Gasteiger partial charge >= 0.3 is 0 Å². The summed E-state index contributed by atoms with van der Waals surface area (Å²) in [5, 5.41) is 0.353. The molecule has 0 spiro atoms. The predicted octanol–water partition coefficient (Wildman–Crippen LogP) is 4.92. The van der Waals surface area contributed by atoms with E-state index in [2.05, 4.69) is 102 Å². The van der Waals surface area contributed by atoms with Crippen molar-refractivity contribution in [3.8, 4) is 0 Å². The first-order chi connectivity index (χ1) is 9.85. The van der Waals surface area contributed by atoms with Crippen molar-refractivity contribution in [2.45, 2.75) is 84.6 Å². The van der Waals surface area contributed by atoms with Gasteiger partial charge in [-0.3, -0.25) is 9.13 Å². The normalized spacial score (nSPS) is 25.1. The zero-order chi connectivity index (χ0) is 16.9. The third-order valence-corrected chi connectivity index (χ3v) is 9.19. The van der Waals surface area contributed by atoms with Crippen molar-refractivity contribution >= 4 is 9.12 Å². The average molecular weight is 319 g/mol. The predicted molar refractivity (Wildman–Crippen MR) is 99.2 cm³/mol. The molecule has 0 saturated carbocycles. The summed E-state index contributed by atoms with van der Waals surface area (Å²) in [5.41, 5.74) is 1.83. The largest absolute Gasteiger partial charge is 0.290 e. The molecule has 0 aromatic heterocycles. The number of rotatable bonds is 1. The lowest BCUT2D eigenvalue weighted by atomic mass is 10.0. The molecule has 1 aromatic rings. The minimum atomic E-state index is -1.23. The second kappa shape index (κ2) is 5.47. The Bertz CT molecular complexity index is 483. The van der Waals surface area contributed by atoms with E-state index in [4.69, 9.17) is 0 Å². The van der Waals surface area contributed by atoms with Crippen LogP contribution in [-0.2, 0) is 0 Å². The molecular formula is C19H34N2Si. The summed E-state index contributed by atoms with van der Waals surface area (Å²) in [6.07, 6.45) is 0.414. The molecule has 2 rings (SSSR count). The lowest BCUT2D eigenvalue weighted by Crippen LogP contribution is -2.80. The Hall–Kier alpha value is -0.643. The molecule has 3 heteroatoms. The van der Waals surface area contributed by atoms with Crippen LogP contribution >= 0.6 is 0 Å². The van der Waals surface area contributed by atoms with E-state index in [0.29, 0.717) is 11.2 Å². The van der Waals surface area contributed by atoms with E-state index >= 15 is 0 Å². The Kier molecular flexibility index (Phi) is 4.40. The first-order valence-corrected chi connectivity index (χ1v) is 10.1. The number of nitrogens with zero attached hydrogens (tertiary/aromatic N) is 2. The fraction of sp³-hybridized carbons (Fsp3) is 0.684. The number of benzene rings is 1. The maximum absolute atomic E-state index is 2.83. The van der Waals surface area contributed by atoms with Gasteiger partial charge in [-0.1, -0.05) is 51.1 Å². The van der Waals surface area contributed by atoms with E-state index < -0.39 is 9.12 Å². The minimum absolute atomic E-state index is 0.201. The van der Waals surface area contributed by atoms with Crippen LogP contribution in [0.4, 0.5) is 0 Å². The SMILES string of the molecule is CC(C)(C)N1C(c2ccccc2)N(C(C)(C)C)[SiH]1C(C)(C)C. The lowest BCUT2D eigenvalue weighted by Gasteiger charge is -2.69. The van der Waals surface area contributed by atoms with Gasteiger partial charge in [0, 0.05) is 11.1 Å². The monoisotopic (exact) mass is 318 g/mol. The maximum atomic E-state index is 2.83. The van der Waals surface area contributed by atoms with Crippen molar-refractivity contribution < 1.29 is 0 Å². The summed E-state index contributed by atoms with van der Waals surface area (Å²) in [5.74, 6) is 0. The highest BCUT2D eigenvalue weighted by atomic mass is 28.3. The van der Waals surface area contributed by atoms with Crippen LogP contribution < -0.4 is 0 Å². The molecule has 0 aliphatic carbocycles. The minimum Gasteiger partial charge on any atom is -0.290 e. The van der Waals surface area contributed by atoms with Crippen molar-refractivity contribution in [2.24, 2.45) is 0 Å². The van der Waals surface area contributed by atoms with Crippen molar-refractivity contribution in [1.29, 1.82) is 0 Å². The summed E-state index contributed by atoms with van der Waals surface area (Å²) in [4.78, 5) is 0. The van der Waals surface area contributed by atoms with Gasteiger partial charge in [-0.05, 0) is 52.1 Å². The average Bonchev–Trinajstić information content (AvgIpc) is 2.22. The molecule has 1 fully saturated rings. The molecule has 0 N–H and O–H groups in total. The van der Waals surface area contributed by atoms with Crippen LogP contribution in [0.5, 0.6) is 0 Å². The first kappa shape index (κ1) is 17.7. The molecule has 1 aliphatic heterocycles. The maximum Gasteiger partial charge on any atom is 0.199 e. The third kappa shape index (κ3) is 3.17. The fourth-order valence-corrected chi connectivity index (χ4v) is 8.07. The molecule has 22 heavy (non-hydrogen) atoms. The van der Waals surface area contributed by atoms with E-state index in [1.165, 1.54) is 5.56 Å². The van der Waals surface area contributed by atoms with Gasteiger partial charge in [-0.15, -0.1) is 0 Å². The Morgan fingerprint density at radius 2 is 1.14 bits per heavy atom.